The van der Waals surface area contributed by atoms with Crippen LogP contribution in [0.2, 0.25) is 0 Å². The highest BCUT2D eigenvalue weighted by Gasteiger charge is 2.59. The number of ketones is 1. The number of allylic oxidation sites excluding steroid dienone is 1. The van der Waals surface area contributed by atoms with E-state index in [-0.39, 0.29) is 11.2 Å². The summed E-state index contributed by atoms with van der Waals surface area (Å²) in [6, 6.07) is 0. The summed E-state index contributed by atoms with van der Waals surface area (Å²) in [6.45, 7) is 3.47. The number of Topliss-reactive ketones (excluding diaryl/α,β-unsaturated/α-hetero) is 1. The third-order valence-electron chi connectivity index (χ3n) is 4.78. The topological polar surface area (TPSA) is 44.8 Å². The summed E-state index contributed by atoms with van der Waals surface area (Å²) in [5, 5.41) is 0. The highest BCUT2D eigenvalue weighted by molar-refractivity contribution is 5.95. The fourth-order valence-corrected chi connectivity index (χ4v) is 3.79. The lowest BCUT2D eigenvalue weighted by atomic mass is 9.61. The Labute approximate surface area is 107 Å². The third kappa shape index (κ3) is 1.42. The lowest BCUT2D eigenvalue weighted by molar-refractivity contribution is -0.238. The highest BCUT2D eigenvalue weighted by atomic mass is 16.7. The maximum atomic E-state index is 12.0. The van der Waals surface area contributed by atoms with E-state index in [9.17, 15) is 4.79 Å². The van der Waals surface area contributed by atoms with E-state index in [1.807, 2.05) is 0 Å². The van der Waals surface area contributed by atoms with Gasteiger partial charge in [-0.3, -0.25) is 4.79 Å². The predicted molar refractivity (Wildman–Crippen MR) is 64.9 cm³/mol. The first-order valence-electron chi connectivity index (χ1n) is 6.72. The molecule has 0 aromatic carbocycles. The van der Waals surface area contributed by atoms with Gasteiger partial charge in [0.2, 0.25) is 0 Å². The van der Waals surface area contributed by atoms with Gasteiger partial charge in [-0.15, -0.1) is 0 Å². The number of ether oxygens (including phenoxy) is 3. The van der Waals surface area contributed by atoms with Crippen LogP contribution in [-0.4, -0.2) is 31.9 Å². The van der Waals surface area contributed by atoms with Gasteiger partial charge in [-0.05, 0) is 24.8 Å². The molecule has 2 fully saturated rings. The molecule has 1 saturated heterocycles. The minimum atomic E-state index is -0.523. The molecular formula is C14H20O4. The van der Waals surface area contributed by atoms with Crippen LogP contribution < -0.4 is 0 Å². The molecule has 4 heteroatoms. The molecule has 0 bridgehead atoms. The van der Waals surface area contributed by atoms with Gasteiger partial charge in [-0.2, -0.15) is 0 Å². The van der Waals surface area contributed by atoms with E-state index in [0.29, 0.717) is 25.4 Å². The zero-order valence-corrected chi connectivity index (χ0v) is 11.1. The Morgan fingerprint density at radius 3 is 2.56 bits per heavy atom. The van der Waals surface area contributed by atoms with E-state index in [4.69, 9.17) is 14.2 Å². The number of carbonyl (C=O) groups excluding carboxylic acids is 1. The number of fused-ring (bicyclic) bond motifs is 2. The van der Waals surface area contributed by atoms with Gasteiger partial charge in [0.05, 0.1) is 20.3 Å². The Hall–Kier alpha value is -0.870. The van der Waals surface area contributed by atoms with Crippen molar-refractivity contribution in [3.05, 3.63) is 11.3 Å². The van der Waals surface area contributed by atoms with Crippen molar-refractivity contribution < 1.29 is 19.0 Å². The molecule has 2 aliphatic carbocycles. The quantitative estimate of drug-likeness (QED) is 0.717. The smallest absolute Gasteiger partial charge is 0.197 e. The molecule has 3 aliphatic rings. The average molecular weight is 252 g/mol. The molecule has 1 spiro atoms. The molecule has 0 N–H and O–H groups in total. The van der Waals surface area contributed by atoms with Crippen LogP contribution in [0.25, 0.3) is 0 Å². The molecular weight excluding hydrogens is 232 g/mol. The minimum Gasteiger partial charge on any atom is -0.493 e. The van der Waals surface area contributed by atoms with Gasteiger partial charge in [-0.25, -0.2) is 0 Å². The monoisotopic (exact) mass is 252 g/mol. The SMILES string of the molecule is COC1=C2CCCC3(OCCO3)C2(C)CCC1=O. The maximum Gasteiger partial charge on any atom is 0.197 e. The summed E-state index contributed by atoms with van der Waals surface area (Å²) in [6.07, 6.45) is 4.15. The van der Waals surface area contributed by atoms with Crippen molar-refractivity contribution >= 4 is 5.78 Å². The largest absolute Gasteiger partial charge is 0.493 e. The maximum absolute atomic E-state index is 12.0. The molecule has 1 atom stereocenters. The van der Waals surface area contributed by atoms with Crippen LogP contribution in [0.4, 0.5) is 0 Å². The molecule has 0 amide bonds. The van der Waals surface area contributed by atoms with E-state index in [0.717, 1.165) is 31.3 Å². The van der Waals surface area contributed by atoms with Gasteiger partial charge in [0.1, 0.15) is 0 Å². The van der Waals surface area contributed by atoms with Crippen LogP contribution in [0.1, 0.15) is 39.0 Å². The average Bonchev–Trinajstić information content (AvgIpc) is 2.83. The number of hydrogen-bond acceptors (Lipinski definition) is 4. The van der Waals surface area contributed by atoms with Crippen LogP contribution >= 0.6 is 0 Å². The molecule has 4 nitrogen and oxygen atoms in total. The van der Waals surface area contributed by atoms with Crippen LogP contribution in [0.15, 0.2) is 11.3 Å². The summed E-state index contributed by atoms with van der Waals surface area (Å²) in [5.41, 5.74) is 0.899. The molecule has 0 aromatic heterocycles. The van der Waals surface area contributed by atoms with Gasteiger partial charge in [-0.1, -0.05) is 6.92 Å². The van der Waals surface area contributed by atoms with E-state index < -0.39 is 5.79 Å². The first-order chi connectivity index (χ1) is 8.63. The van der Waals surface area contributed by atoms with Crippen molar-refractivity contribution in [2.24, 2.45) is 5.41 Å². The van der Waals surface area contributed by atoms with Crippen molar-refractivity contribution in [3.63, 3.8) is 0 Å². The molecule has 0 radical (unpaired) electrons. The summed E-state index contributed by atoms with van der Waals surface area (Å²) < 4.78 is 17.3. The fraction of sp³-hybridized carbons (Fsp3) is 0.786. The van der Waals surface area contributed by atoms with Crippen molar-refractivity contribution in [1.29, 1.82) is 0 Å². The van der Waals surface area contributed by atoms with Gasteiger partial charge in [0.25, 0.3) is 0 Å². The molecule has 1 unspecified atom stereocenters. The lowest BCUT2D eigenvalue weighted by Gasteiger charge is -2.51. The van der Waals surface area contributed by atoms with Crippen molar-refractivity contribution in [2.45, 2.75) is 44.8 Å². The standard InChI is InChI=1S/C14H20O4/c1-13-7-5-11(15)12(16-2)10(13)4-3-6-14(13)17-8-9-18-14/h3-9H2,1-2H3. The van der Waals surface area contributed by atoms with Crippen molar-refractivity contribution in [1.82, 2.24) is 0 Å². The van der Waals surface area contributed by atoms with Crippen LogP contribution in [0, 0.1) is 5.41 Å². The van der Waals surface area contributed by atoms with Crippen LogP contribution in [0.5, 0.6) is 0 Å². The van der Waals surface area contributed by atoms with E-state index >= 15 is 0 Å². The Kier molecular flexibility index (Phi) is 2.75. The number of methoxy groups -OCH3 is 1. The van der Waals surface area contributed by atoms with Gasteiger partial charge in [0, 0.05) is 18.3 Å². The Morgan fingerprint density at radius 1 is 1.17 bits per heavy atom. The van der Waals surface area contributed by atoms with Crippen LogP contribution in [0.3, 0.4) is 0 Å². The summed E-state index contributed by atoms with van der Waals surface area (Å²) in [7, 11) is 1.59. The summed E-state index contributed by atoms with van der Waals surface area (Å²) >= 11 is 0. The van der Waals surface area contributed by atoms with Gasteiger partial charge in [0.15, 0.2) is 17.3 Å². The second-order valence-electron chi connectivity index (χ2n) is 5.57. The van der Waals surface area contributed by atoms with Crippen molar-refractivity contribution in [2.75, 3.05) is 20.3 Å². The van der Waals surface area contributed by atoms with Crippen molar-refractivity contribution in [3.8, 4) is 0 Å². The Bertz CT molecular complexity index is 406. The number of rotatable bonds is 1. The zero-order chi connectivity index (χ0) is 12.8. The Balaban J connectivity index is 2.10. The molecule has 0 aromatic rings. The molecule has 18 heavy (non-hydrogen) atoms. The zero-order valence-electron chi connectivity index (χ0n) is 11.1. The minimum absolute atomic E-state index is 0.125. The lowest BCUT2D eigenvalue weighted by Crippen LogP contribution is -2.53. The van der Waals surface area contributed by atoms with E-state index in [1.54, 1.807) is 7.11 Å². The second-order valence-corrected chi connectivity index (χ2v) is 5.57. The first-order valence-corrected chi connectivity index (χ1v) is 6.72. The molecule has 1 aliphatic heterocycles. The predicted octanol–water partition coefficient (Wildman–Crippen LogP) is 2.18. The molecule has 1 saturated carbocycles. The van der Waals surface area contributed by atoms with E-state index in [1.165, 1.54) is 0 Å². The number of carbonyl (C=O) groups is 1. The summed E-state index contributed by atoms with van der Waals surface area (Å²) in [5.74, 6) is 0.160. The molecule has 1 heterocycles. The van der Waals surface area contributed by atoms with Crippen LogP contribution in [-0.2, 0) is 19.0 Å². The van der Waals surface area contributed by atoms with E-state index in [2.05, 4.69) is 6.92 Å². The van der Waals surface area contributed by atoms with Gasteiger partial charge >= 0.3 is 0 Å². The molecule has 100 valence electrons. The fourth-order valence-electron chi connectivity index (χ4n) is 3.79. The summed E-state index contributed by atoms with van der Waals surface area (Å²) in [4.78, 5) is 12.0. The number of hydrogen-bond donors (Lipinski definition) is 0. The normalized spacial score (nSPS) is 34.9. The second kappa shape index (κ2) is 4.07. The third-order valence-corrected chi connectivity index (χ3v) is 4.78. The van der Waals surface area contributed by atoms with Gasteiger partial charge < -0.3 is 14.2 Å². The molecule has 3 rings (SSSR count). The highest BCUT2D eigenvalue weighted by Crippen LogP contribution is 2.57. The Morgan fingerprint density at radius 2 is 1.89 bits per heavy atom. The first kappa shape index (κ1) is 12.2.